The molecule has 0 saturated heterocycles. The largest absolute Gasteiger partial charge is 0.378 e. The third-order valence-electron chi connectivity index (χ3n) is 2.58. The number of nitrogens with one attached hydrogen (secondary N) is 1. The normalized spacial score (nSPS) is 10.4. The molecule has 2 aromatic rings. The molecule has 1 heterocycles. The van der Waals surface area contributed by atoms with Crippen LogP contribution in [0.4, 0.5) is 10.1 Å². The topological polar surface area (TPSA) is 24.9 Å². The van der Waals surface area contributed by atoms with Crippen molar-refractivity contribution in [3.05, 3.63) is 57.0 Å². The monoisotopic (exact) mass is 328 g/mol. The average molecular weight is 330 g/mol. The first-order chi connectivity index (χ1) is 8.58. The number of aryl methyl sites for hydroxylation is 1. The first-order valence-electron chi connectivity index (χ1n) is 5.37. The van der Waals surface area contributed by atoms with Gasteiger partial charge in [-0.1, -0.05) is 33.6 Å². The third-order valence-corrected chi connectivity index (χ3v) is 3.36. The maximum Gasteiger partial charge on any atom is 0.152 e. The number of halogens is 3. The van der Waals surface area contributed by atoms with Gasteiger partial charge in [0.15, 0.2) is 5.15 Å². The minimum absolute atomic E-state index is 0.255. The highest BCUT2D eigenvalue weighted by atomic mass is 79.9. The van der Waals surface area contributed by atoms with Crippen molar-refractivity contribution < 1.29 is 4.39 Å². The zero-order chi connectivity index (χ0) is 13.1. The van der Waals surface area contributed by atoms with Crippen molar-refractivity contribution in [1.29, 1.82) is 0 Å². The van der Waals surface area contributed by atoms with Gasteiger partial charge in [-0.05, 0) is 30.7 Å². The summed E-state index contributed by atoms with van der Waals surface area (Å²) in [6, 6.07) is 6.82. The Labute approximate surface area is 118 Å². The lowest BCUT2D eigenvalue weighted by molar-refractivity contribution is 0.612. The molecule has 5 heteroatoms. The van der Waals surface area contributed by atoms with E-state index in [-0.39, 0.29) is 5.82 Å². The van der Waals surface area contributed by atoms with Crippen molar-refractivity contribution in [2.24, 2.45) is 0 Å². The second-order valence-electron chi connectivity index (χ2n) is 3.88. The smallest absolute Gasteiger partial charge is 0.152 e. The summed E-state index contributed by atoms with van der Waals surface area (Å²) in [4.78, 5) is 3.99. The number of rotatable bonds is 3. The molecular weight excluding hydrogens is 319 g/mol. The molecule has 0 unspecified atom stereocenters. The summed E-state index contributed by atoms with van der Waals surface area (Å²) in [5.74, 6) is -0.255. The van der Waals surface area contributed by atoms with Crippen LogP contribution < -0.4 is 5.32 Å². The van der Waals surface area contributed by atoms with Gasteiger partial charge in [0.05, 0.1) is 5.69 Å². The van der Waals surface area contributed by atoms with Crippen molar-refractivity contribution in [3.63, 3.8) is 0 Å². The number of aromatic nitrogens is 1. The molecule has 18 heavy (non-hydrogen) atoms. The first kappa shape index (κ1) is 13.3. The molecule has 0 radical (unpaired) electrons. The van der Waals surface area contributed by atoms with Crippen molar-refractivity contribution in [2.45, 2.75) is 13.5 Å². The van der Waals surface area contributed by atoms with Gasteiger partial charge in [-0.25, -0.2) is 9.37 Å². The van der Waals surface area contributed by atoms with Crippen LogP contribution in [0.1, 0.15) is 11.1 Å². The Morgan fingerprint density at radius 3 is 2.83 bits per heavy atom. The van der Waals surface area contributed by atoms with Gasteiger partial charge in [-0.15, -0.1) is 0 Å². The van der Waals surface area contributed by atoms with E-state index in [1.54, 1.807) is 18.3 Å². The lowest BCUT2D eigenvalue weighted by Crippen LogP contribution is -2.04. The van der Waals surface area contributed by atoms with E-state index in [1.165, 1.54) is 6.07 Å². The Morgan fingerprint density at radius 2 is 2.17 bits per heavy atom. The van der Waals surface area contributed by atoms with Crippen LogP contribution in [0.15, 0.2) is 34.9 Å². The summed E-state index contributed by atoms with van der Waals surface area (Å²) in [6.45, 7) is 2.29. The Balaban J connectivity index is 2.16. The molecule has 0 aliphatic carbocycles. The average Bonchev–Trinajstić information content (AvgIpc) is 2.31. The van der Waals surface area contributed by atoms with E-state index in [0.29, 0.717) is 17.3 Å². The van der Waals surface area contributed by atoms with Gasteiger partial charge < -0.3 is 5.32 Å². The summed E-state index contributed by atoms with van der Waals surface area (Å²) in [7, 11) is 0. The van der Waals surface area contributed by atoms with Gasteiger partial charge in [0, 0.05) is 22.8 Å². The highest BCUT2D eigenvalue weighted by Crippen LogP contribution is 2.24. The van der Waals surface area contributed by atoms with Gasteiger partial charge in [-0.2, -0.15) is 0 Å². The van der Waals surface area contributed by atoms with Crippen LogP contribution in [0, 0.1) is 12.7 Å². The van der Waals surface area contributed by atoms with Gasteiger partial charge in [0.2, 0.25) is 0 Å². The highest BCUT2D eigenvalue weighted by Gasteiger charge is 2.07. The van der Waals surface area contributed by atoms with Crippen LogP contribution in [0.5, 0.6) is 0 Å². The lowest BCUT2D eigenvalue weighted by Gasteiger charge is -2.11. The molecular formula is C13H11BrClFN2. The van der Waals surface area contributed by atoms with Gasteiger partial charge >= 0.3 is 0 Å². The van der Waals surface area contributed by atoms with Crippen LogP contribution in [0.2, 0.25) is 5.15 Å². The fourth-order valence-electron chi connectivity index (χ4n) is 1.59. The highest BCUT2D eigenvalue weighted by molar-refractivity contribution is 9.10. The van der Waals surface area contributed by atoms with Crippen LogP contribution in [-0.2, 0) is 6.54 Å². The predicted octanol–water partition coefficient (Wildman–Crippen LogP) is 4.56. The maximum absolute atomic E-state index is 13.6. The first-order valence-corrected chi connectivity index (χ1v) is 6.54. The van der Waals surface area contributed by atoms with Gasteiger partial charge in [0.25, 0.3) is 0 Å². The summed E-state index contributed by atoms with van der Waals surface area (Å²) in [6.07, 6.45) is 1.64. The molecule has 1 N–H and O–H groups in total. The Hall–Kier alpha value is -1.13. The summed E-state index contributed by atoms with van der Waals surface area (Å²) >= 11 is 9.21. The number of pyridine rings is 1. The molecule has 0 aliphatic heterocycles. The Morgan fingerprint density at radius 1 is 1.39 bits per heavy atom. The van der Waals surface area contributed by atoms with Crippen molar-refractivity contribution in [2.75, 3.05) is 5.32 Å². The standard InChI is InChI=1S/C13H11BrClFN2/c1-8-4-5-17-13(15)12(8)18-7-9-2-3-10(14)6-11(9)16/h2-6,18H,7H2,1H3. The lowest BCUT2D eigenvalue weighted by atomic mass is 10.2. The van der Waals surface area contributed by atoms with E-state index in [9.17, 15) is 4.39 Å². The molecule has 0 amide bonds. The van der Waals surface area contributed by atoms with E-state index in [0.717, 1.165) is 15.7 Å². The summed E-state index contributed by atoms with van der Waals surface area (Å²) in [5.41, 5.74) is 2.30. The van der Waals surface area contributed by atoms with Crippen LogP contribution in [0.25, 0.3) is 0 Å². The van der Waals surface area contributed by atoms with Gasteiger partial charge in [0.1, 0.15) is 5.82 Å². The van der Waals surface area contributed by atoms with Crippen LogP contribution >= 0.6 is 27.5 Å². The van der Waals surface area contributed by atoms with Crippen molar-refractivity contribution >= 4 is 33.2 Å². The zero-order valence-electron chi connectivity index (χ0n) is 9.67. The van der Waals surface area contributed by atoms with Gasteiger partial charge in [-0.3, -0.25) is 0 Å². The number of anilines is 1. The summed E-state index contributed by atoms with van der Waals surface area (Å²) < 4.78 is 14.4. The predicted molar refractivity (Wildman–Crippen MR) is 75.4 cm³/mol. The van der Waals surface area contributed by atoms with E-state index < -0.39 is 0 Å². The third kappa shape index (κ3) is 3.00. The molecule has 2 nitrogen and oxygen atoms in total. The van der Waals surface area contributed by atoms with E-state index in [1.807, 2.05) is 13.0 Å². The summed E-state index contributed by atoms with van der Waals surface area (Å²) in [5, 5.41) is 3.50. The minimum atomic E-state index is -0.255. The number of nitrogens with zero attached hydrogens (tertiary/aromatic N) is 1. The molecule has 94 valence electrons. The molecule has 0 atom stereocenters. The Bertz CT molecular complexity index is 555. The molecule has 0 bridgehead atoms. The fourth-order valence-corrected chi connectivity index (χ4v) is 2.19. The van der Waals surface area contributed by atoms with Crippen molar-refractivity contribution in [3.8, 4) is 0 Å². The fraction of sp³-hybridized carbons (Fsp3) is 0.154. The Kier molecular flexibility index (Phi) is 4.19. The molecule has 0 fully saturated rings. The number of hydrogen-bond acceptors (Lipinski definition) is 2. The molecule has 1 aromatic carbocycles. The van der Waals surface area contributed by atoms with E-state index in [2.05, 4.69) is 26.2 Å². The number of hydrogen-bond donors (Lipinski definition) is 1. The van der Waals surface area contributed by atoms with E-state index in [4.69, 9.17) is 11.6 Å². The molecule has 0 saturated carbocycles. The maximum atomic E-state index is 13.6. The van der Waals surface area contributed by atoms with Crippen LogP contribution in [0.3, 0.4) is 0 Å². The SMILES string of the molecule is Cc1ccnc(Cl)c1NCc1ccc(Br)cc1F. The zero-order valence-corrected chi connectivity index (χ0v) is 12.0. The number of benzene rings is 1. The molecule has 0 aliphatic rings. The molecule has 2 rings (SSSR count). The second-order valence-corrected chi connectivity index (χ2v) is 5.16. The molecule has 1 aromatic heterocycles. The molecule has 0 spiro atoms. The van der Waals surface area contributed by atoms with Crippen LogP contribution in [-0.4, -0.2) is 4.98 Å². The van der Waals surface area contributed by atoms with E-state index >= 15 is 0 Å². The van der Waals surface area contributed by atoms with Crippen molar-refractivity contribution in [1.82, 2.24) is 4.98 Å². The minimum Gasteiger partial charge on any atom is -0.378 e. The quantitative estimate of drug-likeness (QED) is 0.835. The second kappa shape index (κ2) is 5.67.